The molecule has 0 unspecified atom stereocenters. The number of hydrogen-bond donors (Lipinski definition) is 1. The Hall–Kier alpha value is -1.09. The quantitative estimate of drug-likeness (QED) is 0.792. The summed E-state index contributed by atoms with van der Waals surface area (Å²) >= 11 is 0. The minimum Gasteiger partial charge on any atom is -0.356 e. The van der Waals surface area contributed by atoms with Crippen LogP contribution in [0.3, 0.4) is 0 Å². The van der Waals surface area contributed by atoms with Gasteiger partial charge < -0.3 is 10.2 Å². The topological polar surface area (TPSA) is 28.2 Å². The lowest BCUT2D eigenvalue weighted by atomic mass is 10.1. The van der Waals surface area contributed by atoms with Crippen LogP contribution < -0.4 is 10.2 Å². The van der Waals surface area contributed by atoms with Gasteiger partial charge in [0.2, 0.25) is 0 Å². The van der Waals surface area contributed by atoms with Gasteiger partial charge in [0, 0.05) is 36.9 Å². The van der Waals surface area contributed by atoms with E-state index in [0.29, 0.717) is 0 Å². The molecule has 0 aliphatic heterocycles. The van der Waals surface area contributed by atoms with Gasteiger partial charge in [-0.2, -0.15) is 0 Å². The first-order valence-corrected chi connectivity index (χ1v) is 8.62. The third kappa shape index (κ3) is 3.97. The summed E-state index contributed by atoms with van der Waals surface area (Å²) in [4.78, 5) is 7.46. The Kier molecular flexibility index (Phi) is 4.48. The van der Waals surface area contributed by atoms with E-state index in [1.54, 1.807) is 0 Å². The zero-order chi connectivity index (χ0) is 14.8. The van der Waals surface area contributed by atoms with Gasteiger partial charge in [0.05, 0.1) is 0 Å². The summed E-state index contributed by atoms with van der Waals surface area (Å²) in [6, 6.07) is 2.98. The van der Waals surface area contributed by atoms with E-state index in [1.165, 1.54) is 55.6 Å². The maximum absolute atomic E-state index is 4.92. The van der Waals surface area contributed by atoms with Crippen LogP contribution >= 0.6 is 0 Å². The molecule has 0 bridgehead atoms. The Balaban J connectivity index is 1.83. The molecule has 0 spiro atoms. The van der Waals surface area contributed by atoms with E-state index < -0.39 is 0 Å². The van der Waals surface area contributed by atoms with E-state index in [1.807, 2.05) is 0 Å². The molecule has 0 atom stereocenters. The van der Waals surface area contributed by atoms with Gasteiger partial charge in [0.25, 0.3) is 0 Å². The molecule has 2 aliphatic rings. The van der Waals surface area contributed by atoms with Gasteiger partial charge in [0.1, 0.15) is 5.82 Å². The van der Waals surface area contributed by atoms with Crippen molar-refractivity contribution in [3.05, 3.63) is 22.9 Å². The van der Waals surface area contributed by atoms with Crippen molar-refractivity contribution < 1.29 is 0 Å². The van der Waals surface area contributed by atoms with E-state index >= 15 is 0 Å². The molecular formula is C18H29N3. The highest BCUT2D eigenvalue weighted by molar-refractivity contribution is 5.52. The Morgan fingerprint density at radius 2 is 2.00 bits per heavy atom. The third-order valence-corrected chi connectivity index (χ3v) is 4.57. The lowest BCUT2D eigenvalue weighted by Gasteiger charge is -2.27. The van der Waals surface area contributed by atoms with Crippen LogP contribution in [0.5, 0.6) is 0 Å². The van der Waals surface area contributed by atoms with Crippen LogP contribution in [0.15, 0.2) is 6.07 Å². The van der Waals surface area contributed by atoms with Crippen LogP contribution in [0, 0.1) is 19.8 Å². The highest BCUT2D eigenvalue weighted by Crippen LogP contribution is 2.33. The normalized spacial score (nSPS) is 18.0. The van der Waals surface area contributed by atoms with Crippen LogP contribution in [0.4, 0.5) is 5.82 Å². The summed E-state index contributed by atoms with van der Waals surface area (Å²) in [5, 5.41) is 3.67. The molecule has 3 heteroatoms. The highest BCUT2D eigenvalue weighted by Gasteiger charge is 2.27. The van der Waals surface area contributed by atoms with Crippen LogP contribution in [-0.4, -0.2) is 24.1 Å². The molecule has 116 valence electrons. The average Bonchev–Trinajstić information content (AvgIpc) is 3.31. The molecule has 1 heterocycles. The molecule has 0 radical (unpaired) electrons. The second-order valence-electron chi connectivity index (χ2n) is 6.93. The third-order valence-electron chi connectivity index (χ3n) is 4.57. The van der Waals surface area contributed by atoms with Crippen LogP contribution in [0.25, 0.3) is 0 Å². The molecule has 1 N–H and O–H groups in total. The van der Waals surface area contributed by atoms with E-state index in [9.17, 15) is 0 Å². The predicted octanol–water partition coefficient (Wildman–Crippen LogP) is 3.58. The largest absolute Gasteiger partial charge is 0.356 e. The van der Waals surface area contributed by atoms with Gasteiger partial charge in [-0.3, -0.25) is 0 Å². The second-order valence-corrected chi connectivity index (χ2v) is 6.93. The summed E-state index contributed by atoms with van der Waals surface area (Å²) in [7, 11) is 0. The Morgan fingerprint density at radius 1 is 1.24 bits per heavy atom. The summed E-state index contributed by atoms with van der Waals surface area (Å²) < 4.78 is 0. The van der Waals surface area contributed by atoms with E-state index in [2.05, 4.69) is 37.1 Å². The van der Waals surface area contributed by atoms with Gasteiger partial charge in [-0.15, -0.1) is 0 Å². The fourth-order valence-electron chi connectivity index (χ4n) is 3.02. The van der Waals surface area contributed by atoms with Crippen LogP contribution in [0.2, 0.25) is 0 Å². The fourth-order valence-corrected chi connectivity index (χ4v) is 3.02. The summed E-state index contributed by atoms with van der Waals surface area (Å²) in [5.74, 6) is 2.15. The SMILES string of the molecule is CCCN(CC1CC1)c1nc(C)cc(C)c1CNC1CC1. The first-order valence-electron chi connectivity index (χ1n) is 8.62. The van der Waals surface area contributed by atoms with Crippen LogP contribution in [0.1, 0.15) is 55.8 Å². The van der Waals surface area contributed by atoms with Gasteiger partial charge in [-0.1, -0.05) is 6.92 Å². The minimum absolute atomic E-state index is 0.751. The number of aromatic nitrogens is 1. The van der Waals surface area contributed by atoms with Gasteiger partial charge in [-0.25, -0.2) is 4.98 Å². The van der Waals surface area contributed by atoms with Crippen molar-refractivity contribution in [3.8, 4) is 0 Å². The first-order chi connectivity index (χ1) is 10.2. The van der Waals surface area contributed by atoms with E-state index in [0.717, 1.165) is 30.7 Å². The summed E-state index contributed by atoms with van der Waals surface area (Å²) in [6.07, 6.45) is 6.68. The molecule has 1 aromatic rings. The molecule has 2 fully saturated rings. The molecular weight excluding hydrogens is 258 g/mol. The van der Waals surface area contributed by atoms with Crippen LogP contribution in [-0.2, 0) is 6.54 Å². The summed E-state index contributed by atoms with van der Waals surface area (Å²) in [6.45, 7) is 9.93. The average molecular weight is 287 g/mol. The fraction of sp³-hybridized carbons (Fsp3) is 0.722. The predicted molar refractivity (Wildman–Crippen MR) is 88.8 cm³/mol. The number of pyridine rings is 1. The molecule has 3 nitrogen and oxygen atoms in total. The van der Waals surface area contributed by atoms with Crippen molar-refractivity contribution in [2.24, 2.45) is 5.92 Å². The number of rotatable bonds is 8. The number of anilines is 1. The second kappa shape index (κ2) is 6.35. The molecule has 21 heavy (non-hydrogen) atoms. The number of hydrogen-bond acceptors (Lipinski definition) is 3. The number of aryl methyl sites for hydroxylation is 2. The van der Waals surface area contributed by atoms with E-state index in [-0.39, 0.29) is 0 Å². The van der Waals surface area contributed by atoms with Gasteiger partial charge in [-0.05, 0) is 63.5 Å². The Bertz CT molecular complexity index is 489. The highest BCUT2D eigenvalue weighted by atomic mass is 15.2. The van der Waals surface area contributed by atoms with Gasteiger partial charge in [0.15, 0.2) is 0 Å². The molecule has 0 amide bonds. The Morgan fingerprint density at radius 3 is 2.62 bits per heavy atom. The minimum atomic E-state index is 0.751. The molecule has 0 aromatic carbocycles. The molecule has 3 rings (SSSR count). The number of nitrogens with zero attached hydrogens (tertiary/aromatic N) is 2. The molecule has 2 saturated carbocycles. The smallest absolute Gasteiger partial charge is 0.133 e. The zero-order valence-corrected chi connectivity index (χ0v) is 13.8. The van der Waals surface area contributed by atoms with Gasteiger partial charge >= 0.3 is 0 Å². The molecule has 2 aliphatic carbocycles. The first kappa shape index (κ1) is 14.8. The van der Waals surface area contributed by atoms with Crippen molar-refractivity contribution in [2.75, 3.05) is 18.0 Å². The lowest BCUT2D eigenvalue weighted by Crippen LogP contribution is -2.30. The molecule has 1 aromatic heterocycles. The standard InChI is InChI=1S/C18H29N3/c1-4-9-21(12-15-5-6-15)18-17(11-19-16-7-8-16)13(2)10-14(3)20-18/h10,15-16,19H,4-9,11-12H2,1-3H3. The number of nitrogens with one attached hydrogen (secondary N) is 1. The lowest BCUT2D eigenvalue weighted by molar-refractivity contribution is 0.660. The maximum Gasteiger partial charge on any atom is 0.133 e. The summed E-state index contributed by atoms with van der Waals surface area (Å²) in [5.41, 5.74) is 3.96. The zero-order valence-electron chi connectivity index (χ0n) is 13.8. The van der Waals surface area contributed by atoms with Crippen molar-refractivity contribution in [3.63, 3.8) is 0 Å². The van der Waals surface area contributed by atoms with Crippen molar-refractivity contribution in [1.82, 2.24) is 10.3 Å². The van der Waals surface area contributed by atoms with E-state index in [4.69, 9.17) is 4.98 Å². The van der Waals surface area contributed by atoms with Crippen molar-refractivity contribution >= 4 is 5.82 Å². The van der Waals surface area contributed by atoms with Crippen molar-refractivity contribution in [2.45, 2.75) is 65.5 Å². The monoisotopic (exact) mass is 287 g/mol. The maximum atomic E-state index is 4.92. The Labute approximate surface area is 129 Å². The van der Waals surface area contributed by atoms with Crippen molar-refractivity contribution in [1.29, 1.82) is 0 Å². The molecule has 0 saturated heterocycles.